The Kier molecular flexibility index (Phi) is 3.71. The molecule has 0 aromatic rings. The number of carbonyl (C=O) groups excluding carboxylic acids is 1. The zero-order valence-corrected chi connectivity index (χ0v) is 11.3. The second-order valence-electron chi connectivity index (χ2n) is 6.51. The van der Waals surface area contributed by atoms with Gasteiger partial charge in [0.15, 0.2) is 0 Å². The quantitative estimate of drug-likeness (QED) is 0.721. The molecule has 0 aromatic carbocycles. The zero-order valence-electron chi connectivity index (χ0n) is 11.3. The maximum Gasteiger partial charge on any atom is 0.129 e. The molecule has 3 nitrogen and oxygen atoms in total. The molecule has 3 heteroatoms. The fourth-order valence-electron chi connectivity index (χ4n) is 4.21. The van der Waals surface area contributed by atoms with Crippen LogP contribution in [-0.4, -0.2) is 43.5 Å². The van der Waals surface area contributed by atoms with Crippen LogP contribution in [0.15, 0.2) is 0 Å². The van der Waals surface area contributed by atoms with Crippen molar-refractivity contribution in [1.29, 1.82) is 0 Å². The van der Waals surface area contributed by atoms with Crippen LogP contribution in [0.4, 0.5) is 0 Å². The number of nitrogens with zero attached hydrogens (tertiary/aromatic N) is 1. The van der Waals surface area contributed by atoms with E-state index in [-0.39, 0.29) is 5.41 Å². The zero-order chi connectivity index (χ0) is 12.4. The van der Waals surface area contributed by atoms with E-state index in [9.17, 15) is 4.79 Å². The molecule has 1 saturated carbocycles. The predicted molar refractivity (Wildman–Crippen MR) is 70.5 cm³/mol. The number of aldehydes is 1. The largest absolute Gasteiger partial charge is 0.380 e. The molecule has 18 heavy (non-hydrogen) atoms. The van der Waals surface area contributed by atoms with Crippen molar-refractivity contribution >= 4 is 6.29 Å². The lowest BCUT2D eigenvalue weighted by Gasteiger charge is -2.46. The Morgan fingerprint density at radius 2 is 2.06 bits per heavy atom. The molecule has 3 atom stereocenters. The van der Waals surface area contributed by atoms with E-state index in [0.717, 1.165) is 31.5 Å². The average Bonchev–Trinajstić information content (AvgIpc) is 2.88. The van der Waals surface area contributed by atoms with E-state index < -0.39 is 0 Å². The first kappa shape index (κ1) is 12.6. The van der Waals surface area contributed by atoms with Gasteiger partial charge in [-0.2, -0.15) is 0 Å². The maximum absolute atomic E-state index is 11.5. The smallest absolute Gasteiger partial charge is 0.129 e. The number of likely N-dealkylation sites (tertiary alicyclic amines) is 1. The first-order chi connectivity index (χ1) is 8.83. The minimum absolute atomic E-state index is 0.195. The number of fused-ring (bicyclic) bond motifs is 1. The second kappa shape index (κ2) is 5.30. The Morgan fingerprint density at radius 3 is 2.83 bits per heavy atom. The number of hydrogen-bond donors (Lipinski definition) is 0. The van der Waals surface area contributed by atoms with Gasteiger partial charge in [0.25, 0.3) is 0 Å². The highest BCUT2D eigenvalue weighted by atomic mass is 16.5. The summed E-state index contributed by atoms with van der Waals surface area (Å²) in [5.74, 6) is 0.901. The average molecular weight is 251 g/mol. The van der Waals surface area contributed by atoms with Crippen LogP contribution < -0.4 is 0 Å². The van der Waals surface area contributed by atoms with E-state index in [4.69, 9.17) is 4.74 Å². The molecule has 3 unspecified atom stereocenters. The van der Waals surface area contributed by atoms with Crippen molar-refractivity contribution in [3.63, 3.8) is 0 Å². The topological polar surface area (TPSA) is 29.5 Å². The highest BCUT2D eigenvalue weighted by Gasteiger charge is 2.41. The fraction of sp³-hybridized carbons (Fsp3) is 0.933. The van der Waals surface area contributed by atoms with Crippen molar-refractivity contribution in [2.45, 2.75) is 51.0 Å². The van der Waals surface area contributed by atoms with Gasteiger partial charge in [-0.25, -0.2) is 0 Å². The Labute approximate surface area is 110 Å². The van der Waals surface area contributed by atoms with E-state index in [0.29, 0.717) is 6.61 Å². The van der Waals surface area contributed by atoms with E-state index in [2.05, 4.69) is 4.90 Å². The summed E-state index contributed by atoms with van der Waals surface area (Å²) in [7, 11) is 0. The van der Waals surface area contributed by atoms with E-state index in [1.807, 2.05) is 0 Å². The van der Waals surface area contributed by atoms with E-state index >= 15 is 0 Å². The van der Waals surface area contributed by atoms with E-state index in [1.165, 1.54) is 51.4 Å². The highest BCUT2D eigenvalue weighted by Crippen LogP contribution is 2.38. The molecule has 0 bridgehead atoms. The van der Waals surface area contributed by atoms with Crippen LogP contribution >= 0.6 is 0 Å². The summed E-state index contributed by atoms with van der Waals surface area (Å²) in [6.07, 6.45) is 10.4. The normalized spacial score (nSPS) is 41.6. The molecule has 102 valence electrons. The summed E-state index contributed by atoms with van der Waals surface area (Å²) in [5.41, 5.74) is -0.195. The number of hydrogen-bond acceptors (Lipinski definition) is 3. The molecular formula is C15H25NO2. The van der Waals surface area contributed by atoms with E-state index in [1.54, 1.807) is 0 Å². The summed E-state index contributed by atoms with van der Waals surface area (Å²) in [4.78, 5) is 14.1. The number of carbonyl (C=O) groups is 1. The van der Waals surface area contributed by atoms with Crippen LogP contribution in [0.3, 0.4) is 0 Å². The summed E-state index contributed by atoms with van der Waals surface area (Å²) < 4.78 is 5.47. The maximum atomic E-state index is 11.5. The first-order valence-corrected chi connectivity index (χ1v) is 7.61. The van der Waals surface area contributed by atoms with Crippen molar-refractivity contribution in [1.82, 2.24) is 4.90 Å². The fourth-order valence-corrected chi connectivity index (χ4v) is 4.21. The summed E-state index contributed by atoms with van der Waals surface area (Å²) in [6.45, 7) is 3.54. The third-order valence-electron chi connectivity index (χ3n) is 5.26. The first-order valence-electron chi connectivity index (χ1n) is 7.61. The lowest BCUT2D eigenvalue weighted by molar-refractivity contribution is -0.118. The molecule has 2 saturated heterocycles. The molecule has 1 aliphatic carbocycles. The van der Waals surface area contributed by atoms with Crippen molar-refractivity contribution in [3.05, 3.63) is 0 Å². The van der Waals surface area contributed by atoms with Gasteiger partial charge >= 0.3 is 0 Å². The second-order valence-corrected chi connectivity index (χ2v) is 6.51. The summed E-state index contributed by atoms with van der Waals surface area (Å²) in [5, 5.41) is 0. The molecule has 3 aliphatic rings. The minimum atomic E-state index is -0.195. The molecule has 3 rings (SSSR count). The van der Waals surface area contributed by atoms with Gasteiger partial charge in [0.2, 0.25) is 0 Å². The molecule has 0 spiro atoms. The third-order valence-corrected chi connectivity index (χ3v) is 5.26. The predicted octanol–water partition coefficient (Wildman–Crippen LogP) is 2.25. The number of rotatable bonds is 3. The molecule has 0 amide bonds. The van der Waals surface area contributed by atoms with Crippen LogP contribution in [0.1, 0.15) is 44.9 Å². The van der Waals surface area contributed by atoms with Crippen LogP contribution in [0.5, 0.6) is 0 Å². The Hall–Kier alpha value is -0.410. The lowest BCUT2D eigenvalue weighted by atomic mass is 9.77. The minimum Gasteiger partial charge on any atom is -0.380 e. The van der Waals surface area contributed by atoms with Crippen LogP contribution in [0.25, 0.3) is 0 Å². The van der Waals surface area contributed by atoms with Gasteiger partial charge in [-0.15, -0.1) is 0 Å². The monoisotopic (exact) mass is 251 g/mol. The van der Waals surface area contributed by atoms with Gasteiger partial charge in [0.1, 0.15) is 6.29 Å². The van der Waals surface area contributed by atoms with Gasteiger partial charge in [-0.3, -0.25) is 4.90 Å². The van der Waals surface area contributed by atoms with Gasteiger partial charge in [-0.1, -0.05) is 12.8 Å². The van der Waals surface area contributed by atoms with Crippen LogP contribution in [0.2, 0.25) is 0 Å². The van der Waals surface area contributed by atoms with Crippen molar-refractivity contribution < 1.29 is 9.53 Å². The summed E-state index contributed by atoms with van der Waals surface area (Å²) in [6, 6.07) is 0.755. The number of piperidine rings is 1. The molecule has 0 radical (unpaired) electrons. The van der Waals surface area contributed by atoms with Crippen LogP contribution in [-0.2, 0) is 9.53 Å². The Bertz CT molecular complexity index is 297. The van der Waals surface area contributed by atoms with Gasteiger partial charge in [-0.05, 0) is 44.6 Å². The van der Waals surface area contributed by atoms with Gasteiger partial charge in [0, 0.05) is 19.2 Å². The van der Waals surface area contributed by atoms with Crippen molar-refractivity contribution in [2.24, 2.45) is 11.3 Å². The summed E-state index contributed by atoms with van der Waals surface area (Å²) >= 11 is 0. The molecule has 2 heterocycles. The highest BCUT2D eigenvalue weighted by molar-refractivity contribution is 5.60. The lowest BCUT2D eigenvalue weighted by Crippen LogP contribution is -2.51. The molecular weight excluding hydrogens is 226 g/mol. The van der Waals surface area contributed by atoms with Gasteiger partial charge < -0.3 is 9.53 Å². The van der Waals surface area contributed by atoms with Gasteiger partial charge in [0.05, 0.1) is 12.0 Å². The molecule has 3 fully saturated rings. The van der Waals surface area contributed by atoms with Crippen molar-refractivity contribution in [3.8, 4) is 0 Å². The van der Waals surface area contributed by atoms with Crippen molar-refractivity contribution in [2.75, 3.05) is 26.3 Å². The number of ether oxygens (including phenoxy) is 1. The SMILES string of the molecule is O=CC1(CN2CCCC3CCCCC32)CCOC1. The van der Waals surface area contributed by atoms with Crippen LogP contribution in [0, 0.1) is 11.3 Å². The Balaban J connectivity index is 1.68. The molecule has 0 aromatic heterocycles. The molecule has 2 aliphatic heterocycles. The third kappa shape index (κ3) is 2.35. The molecule has 0 N–H and O–H groups in total. The Morgan fingerprint density at radius 1 is 1.22 bits per heavy atom. The standard InChI is InChI=1S/C15H25NO2/c17-11-15(7-9-18-12-15)10-16-8-3-5-13-4-1-2-6-14(13)16/h11,13-14H,1-10,12H2.